The Morgan fingerprint density at radius 2 is 1.82 bits per heavy atom. The molecule has 1 aromatic heterocycles. The van der Waals surface area contributed by atoms with Crippen LogP contribution in [0.5, 0.6) is 0 Å². The third-order valence-electron chi connectivity index (χ3n) is 3.25. The van der Waals surface area contributed by atoms with Crippen LogP contribution in [-0.4, -0.2) is 10.3 Å². The Hall–Kier alpha value is -2.24. The molecule has 0 spiro atoms. The van der Waals surface area contributed by atoms with E-state index in [1.165, 1.54) is 42.5 Å². The van der Waals surface area contributed by atoms with Gasteiger partial charge in [0.1, 0.15) is 17.3 Å². The Balaban J connectivity index is 2.18. The Kier molecular flexibility index (Phi) is 3.92. The number of aliphatic hydroxyl groups is 1. The van der Waals surface area contributed by atoms with Crippen LogP contribution in [0, 0.1) is 11.6 Å². The van der Waals surface area contributed by atoms with Gasteiger partial charge in [0.2, 0.25) is 0 Å². The molecule has 0 fully saturated rings. The van der Waals surface area contributed by atoms with Crippen molar-refractivity contribution in [2.45, 2.75) is 6.61 Å². The first-order valence-electron chi connectivity index (χ1n) is 6.41. The average Bonchev–Trinajstić information content (AvgIpc) is 2.91. The van der Waals surface area contributed by atoms with E-state index < -0.39 is 18.2 Å². The Bertz CT molecular complexity index is 795. The summed E-state index contributed by atoms with van der Waals surface area (Å²) in [5, 5.41) is 13.6. The van der Waals surface area contributed by atoms with Gasteiger partial charge in [-0.25, -0.2) is 8.78 Å². The van der Waals surface area contributed by atoms with Gasteiger partial charge in [-0.2, -0.15) is 0 Å². The lowest BCUT2D eigenvalue weighted by molar-refractivity contribution is 0.281. The number of aliphatic hydroxyl groups excluding tert-OH is 1. The molecule has 0 atom stereocenters. The molecule has 0 unspecified atom stereocenters. The number of benzene rings is 2. The molecule has 0 aliphatic carbocycles. The fourth-order valence-corrected chi connectivity index (χ4v) is 2.46. The summed E-state index contributed by atoms with van der Waals surface area (Å²) in [7, 11) is 0. The fraction of sp³-hybridized carbons (Fsp3) is 0.0625. The minimum Gasteiger partial charge on any atom is -0.391 e. The maximum atomic E-state index is 14.0. The predicted molar refractivity (Wildman–Crippen MR) is 78.2 cm³/mol. The van der Waals surface area contributed by atoms with Gasteiger partial charge in [0.25, 0.3) is 0 Å². The van der Waals surface area contributed by atoms with Crippen molar-refractivity contribution in [2.75, 3.05) is 0 Å². The topological polar surface area (TPSA) is 46.3 Å². The van der Waals surface area contributed by atoms with Crippen LogP contribution in [0.2, 0.25) is 5.02 Å². The highest BCUT2D eigenvalue weighted by Gasteiger charge is 2.22. The van der Waals surface area contributed by atoms with Crippen molar-refractivity contribution in [2.24, 2.45) is 0 Å². The maximum Gasteiger partial charge on any atom is 0.173 e. The molecule has 3 rings (SSSR count). The van der Waals surface area contributed by atoms with Crippen LogP contribution in [0.3, 0.4) is 0 Å². The molecule has 2 aromatic carbocycles. The van der Waals surface area contributed by atoms with Crippen molar-refractivity contribution in [3.05, 3.63) is 64.7 Å². The molecule has 1 heterocycles. The van der Waals surface area contributed by atoms with Crippen LogP contribution in [0.15, 0.2) is 47.0 Å². The van der Waals surface area contributed by atoms with E-state index in [1.54, 1.807) is 0 Å². The van der Waals surface area contributed by atoms with Gasteiger partial charge in [-0.05, 0) is 36.4 Å². The summed E-state index contributed by atoms with van der Waals surface area (Å²) in [5.74, 6) is -0.718. The molecule has 3 nitrogen and oxygen atoms in total. The fourth-order valence-electron chi connectivity index (χ4n) is 2.20. The van der Waals surface area contributed by atoms with E-state index in [0.29, 0.717) is 11.1 Å². The van der Waals surface area contributed by atoms with Gasteiger partial charge in [0, 0.05) is 5.56 Å². The zero-order valence-electron chi connectivity index (χ0n) is 11.2. The number of hydrogen-bond donors (Lipinski definition) is 1. The van der Waals surface area contributed by atoms with Crippen molar-refractivity contribution in [3.8, 4) is 22.6 Å². The Labute approximate surface area is 129 Å². The summed E-state index contributed by atoms with van der Waals surface area (Å²) >= 11 is 6.02. The first-order valence-corrected chi connectivity index (χ1v) is 6.79. The van der Waals surface area contributed by atoms with Crippen molar-refractivity contribution in [1.82, 2.24) is 5.16 Å². The average molecular weight is 322 g/mol. The molecule has 0 saturated carbocycles. The minimum atomic E-state index is -0.568. The molecule has 0 amide bonds. The number of rotatable bonds is 3. The van der Waals surface area contributed by atoms with Crippen molar-refractivity contribution < 1.29 is 18.4 Å². The van der Waals surface area contributed by atoms with Gasteiger partial charge >= 0.3 is 0 Å². The molecule has 112 valence electrons. The van der Waals surface area contributed by atoms with Crippen molar-refractivity contribution >= 4 is 11.6 Å². The molecule has 22 heavy (non-hydrogen) atoms. The first-order chi connectivity index (χ1) is 10.6. The second-order valence-corrected chi connectivity index (χ2v) is 5.01. The lowest BCUT2D eigenvalue weighted by atomic mass is 10.0. The zero-order chi connectivity index (χ0) is 15.7. The van der Waals surface area contributed by atoms with Crippen molar-refractivity contribution in [3.63, 3.8) is 0 Å². The van der Waals surface area contributed by atoms with Crippen LogP contribution in [-0.2, 0) is 6.61 Å². The normalized spacial score (nSPS) is 10.9. The highest BCUT2D eigenvalue weighted by molar-refractivity contribution is 6.33. The SMILES string of the molecule is OCc1c(-c2c(F)cccc2Cl)noc1-c1ccc(F)cc1. The summed E-state index contributed by atoms with van der Waals surface area (Å²) in [4.78, 5) is 0. The largest absolute Gasteiger partial charge is 0.391 e. The summed E-state index contributed by atoms with van der Waals surface area (Å²) in [6, 6.07) is 9.73. The van der Waals surface area contributed by atoms with E-state index in [9.17, 15) is 13.9 Å². The van der Waals surface area contributed by atoms with E-state index in [4.69, 9.17) is 16.1 Å². The van der Waals surface area contributed by atoms with E-state index in [2.05, 4.69) is 5.16 Å². The molecule has 0 bridgehead atoms. The summed E-state index contributed by atoms with van der Waals surface area (Å²) in [5.41, 5.74) is 1.01. The van der Waals surface area contributed by atoms with Gasteiger partial charge in [0.15, 0.2) is 5.76 Å². The lowest BCUT2D eigenvalue weighted by Crippen LogP contribution is -1.92. The van der Waals surface area contributed by atoms with E-state index in [-0.39, 0.29) is 22.0 Å². The van der Waals surface area contributed by atoms with Gasteiger partial charge < -0.3 is 9.63 Å². The second kappa shape index (κ2) is 5.87. The molecule has 3 aromatic rings. The van der Waals surface area contributed by atoms with Gasteiger partial charge in [-0.3, -0.25) is 0 Å². The molecule has 0 aliphatic rings. The Morgan fingerprint density at radius 3 is 2.45 bits per heavy atom. The second-order valence-electron chi connectivity index (χ2n) is 4.60. The lowest BCUT2D eigenvalue weighted by Gasteiger charge is -2.04. The summed E-state index contributed by atoms with van der Waals surface area (Å²) in [6.45, 7) is -0.420. The molecule has 0 aliphatic heterocycles. The molecule has 1 N–H and O–H groups in total. The van der Waals surface area contributed by atoms with E-state index in [0.717, 1.165) is 0 Å². The summed E-state index contributed by atoms with van der Waals surface area (Å²) in [6.07, 6.45) is 0. The zero-order valence-corrected chi connectivity index (χ0v) is 11.9. The summed E-state index contributed by atoms with van der Waals surface area (Å²) < 4.78 is 32.2. The highest BCUT2D eigenvalue weighted by Crippen LogP contribution is 2.36. The quantitative estimate of drug-likeness (QED) is 0.776. The molecular formula is C16H10ClF2NO2. The monoisotopic (exact) mass is 321 g/mol. The number of nitrogens with zero attached hydrogens (tertiary/aromatic N) is 1. The number of aromatic nitrogens is 1. The van der Waals surface area contributed by atoms with Crippen LogP contribution < -0.4 is 0 Å². The van der Waals surface area contributed by atoms with Gasteiger partial charge in [-0.15, -0.1) is 0 Å². The first kappa shape index (κ1) is 14.7. The van der Waals surface area contributed by atoms with Crippen LogP contribution in [0.25, 0.3) is 22.6 Å². The third-order valence-corrected chi connectivity index (χ3v) is 3.57. The number of halogens is 3. The predicted octanol–water partition coefficient (Wildman–Crippen LogP) is 4.43. The van der Waals surface area contributed by atoms with Crippen LogP contribution in [0.4, 0.5) is 8.78 Å². The van der Waals surface area contributed by atoms with E-state index >= 15 is 0 Å². The van der Waals surface area contributed by atoms with Crippen LogP contribution in [0.1, 0.15) is 5.56 Å². The Morgan fingerprint density at radius 1 is 1.09 bits per heavy atom. The van der Waals surface area contributed by atoms with Gasteiger partial charge in [-0.1, -0.05) is 22.8 Å². The third kappa shape index (κ3) is 2.49. The van der Waals surface area contributed by atoms with Crippen LogP contribution >= 0.6 is 11.6 Å². The molecule has 0 saturated heterocycles. The van der Waals surface area contributed by atoms with Crippen molar-refractivity contribution in [1.29, 1.82) is 0 Å². The smallest absolute Gasteiger partial charge is 0.173 e. The highest BCUT2D eigenvalue weighted by atomic mass is 35.5. The minimum absolute atomic E-state index is 0.0605. The van der Waals surface area contributed by atoms with E-state index in [1.807, 2.05) is 0 Å². The maximum absolute atomic E-state index is 14.0. The molecule has 0 radical (unpaired) electrons. The number of hydrogen-bond acceptors (Lipinski definition) is 3. The molecule has 6 heteroatoms. The standard InChI is InChI=1S/C16H10ClF2NO2/c17-12-2-1-3-13(19)14(12)15-11(8-21)16(22-20-15)9-4-6-10(18)7-5-9/h1-7,21H,8H2. The van der Waals surface area contributed by atoms with Gasteiger partial charge in [0.05, 0.1) is 22.8 Å². The molecular weight excluding hydrogens is 312 g/mol.